The van der Waals surface area contributed by atoms with E-state index in [-0.39, 0.29) is 72.9 Å². The lowest BCUT2D eigenvalue weighted by Crippen LogP contribution is -2.49. The Balaban J connectivity index is 1.47. The van der Waals surface area contributed by atoms with Gasteiger partial charge in [0.15, 0.2) is 24.6 Å². The Kier molecular flexibility index (Phi) is 18.7. The summed E-state index contributed by atoms with van der Waals surface area (Å²) in [6.07, 6.45) is -12.5. The van der Waals surface area contributed by atoms with E-state index in [0.717, 1.165) is 6.92 Å². The summed E-state index contributed by atoms with van der Waals surface area (Å²) in [6, 6.07) is 3.03. The number of methoxy groups -OCH3 is 1. The number of fused-ring (bicyclic) bond motifs is 2. The number of benzene rings is 2. The maximum Gasteiger partial charge on any atom is 0.227 e. The molecular weight excluding hydrogens is 812 g/mol. The van der Waals surface area contributed by atoms with Gasteiger partial charge in [0.05, 0.1) is 61.3 Å². The Morgan fingerprint density at radius 2 is 1.51 bits per heavy atom. The first-order chi connectivity index (χ1) is 28.8. The smallest absolute Gasteiger partial charge is 0.227 e. The van der Waals surface area contributed by atoms with Crippen LogP contribution in [-0.4, -0.2) is 179 Å². The first-order valence-corrected chi connectivity index (χ1v) is 19.9. The predicted octanol–water partition coefficient (Wildman–Crippen LogP) is -0.0958. The van der Waals surface area contributed by atoms with Crippen molar-refractivity contribution in [3.05, 3.63) is 28.8 Å². The van der Waals surface area contributed by atoms with Gasteiger partial charge in [-0.1, -0.05) is 0 Å². The van der Waals surface area contributed by atoms with Gasteiger partial charge in [0.25, 0.3) is 0 Å². The molecule has 0 saturated carbocycles. The minimum atomic E-state index is -1.50. The Morgan fingerprint density at radius 3 is 2.13 bits per heavy atom. The van der Waals surface area contributed by atoms with Crippen LogP contribution in [0.1, 0.15) is 62.5 Å². The molecule has 2 aliphatic rings. The summed E-state index contributed by atoms with van der Waals surface area (Å²) >= 11 is 0. The van der Waals surface area contributed by atoms with Crippen LogP contribution in [-0.2, 0) is 53.9 Å². The van der Waals surface area contributed by atoms with E-state index >= 15 is 0 Å². The van der Waals surface area contributed by atoms with Crippen molar-refractivity contribution in [3.63, 3.8) is 0 Å². The second kappa shape index (κ2) is 22.8. The molecule has 4 rings (SSSR count). The van der Waals surface area contributed by atoms with Crippen molar-refractivity contribution in [2.45, 2.75) is 128 Å². The number of phenols is 2. The quantitative estimate of drug-likeness (QED) is 0.0388. The molecule has 13 atom stereocenters. The molecule has 1 aliphatic carbocycles. The van der Waals surface area contributed by atoms with Gasteiger partial charge in [-0.3, -0.25) is 14.4 Å². The molecule has 0 radical (unpaired) electrons. The highest BCUT2D eigenvalue weighted by Gasteiger charge is 2.46. The lowest BCUT2D eigenvalue weighted by atomic mass is 9.75. The van der Waals surface area contributed by atoms with Gasteiger partial charge in [0, 0.05) is 31.9 Å². The summed E-state index contributed by atoms with van der Waals surface area (Å²) < 4.78 is 50.0. The molecule has 2 aromatic rings. The van der Waals surface area contributed by atoms with Gasteiger partial charge in [-0.25, -0.2) is 0 Å². The van der Waals surface area contributed by atoms with Gasteiger partial charge < -0.3 is 83.5 Å². The van der Waals surface area contributed by atoms with E-state index in [9.17, 15) is 50.1 Å². The number of aliphatic hydroxyl groups is 6. The second-order valence-corrected chi connectivity index (χ2v) is 15.4. The van der Waals surface area contributed by atoms with Gasteiger partial charge in [0.1, 0.15) is 67.5 Å². The van der Waals surface area contributed by atoms with E-state index in [0.29, 0.717) is 0 Å². The van der Waals surface area contributed by atoms with Crippen LogP contribution in [0.15, 0.2) is 12.1 Å². The highest BCUT2D eigenvalue weighted by atomic mass is 16.7. The number of ketones is 3. The highest BCUT2D eigenvalue weighted by Crippen LogP contribution is 2.46. The molecule has 1 fully saturated rings. The molecule has 61 heavy (non-hydrogen) atoms. The fourth-order valence-electron chi connectivity index (χ4n) is 6.93. The summed E-state index contributed by atoms with van der Waals surface area (Å²) in [5, 5.41) is 82.6. The SMILES string of the molecule is CO[C@H](C(=O)C(C)=O)[C@@H]1Cc2cc3cc(OCOC(C)[C@@H](O)CO[C@H]4CC(O)[C@H](O)C(C)O4)c(C)c(O)c3c(O)c2C(=O)[C@H]1OCOC(C)[C@@H](O)COCOC(C)[C@H](O)CO. The monoisotopic (exact) mass is 872 g/mol. The Labute approximate surface area is 352 Å². The molecule has 1 heterocycles. The minimum Gasteiger partial charge on any atom is -0.507 e. The van der Waals surface area contributed by atoms with Crippen molar-refractivity contribution in [1.82, 2.24) is 0 Å². The summed E-state index contributed by atoms with van der Waals surface area (Å²) in [4.78, 5) is 39.5. The Bertz CT molecular complexity index is 1780. The zero-order valence-electron chi connectivity index (χ0n) is 35.3. The van der Waals surface area contributed by atoms with E-state index < -0.39 is 122 Å². The van der Waals surface area contributed by atoms with E-state index in [1.54, 1.807) is 13.8 Å². The molecule has 1 aliphatic heterocycles. The van der Waals surface area contributed by atoms with Crippen LogP contribution in [0.2, 0.25) is 0 Å². The molecule has 0 bridgehead atoms. The minimum absolute atomic E-state index is 0.0176. The highest BCUT2D eigenvalue weighted by molar-refractivity contribution is 6.38. The molecular formula is C41H60O20. The lowest BCUT2D eigenvalue weighted by Gasteiger charge is -2.36. The maximum absolute atomic E-state index is 14.2. The topological polar surface area (TPSA) is 296 Å². The summed E-state index contributed by atoms with van der Waals surface area (Å²) in [7, 11) is 1.20. The summed E-state index contributed by atoms with van der Waals surface area (Å²) in [6.45, 7) is 6.54. The van der Waals surface area contributed by atoms with Crippen molar-refractivity contribution in [3.8, 4) is 17.2 Å². The van der Waals surface area contributed by atoms with Crippen LogP contribution in [0.5, 0.6) is 17.2 Å². The molecule has 0 aromatic heterocycles. The lowest BCUT2D eigenvalue weighted by molar-refractivity contribution is -0.254. The third-order valence-electron chi connectivity index (χ3n) is 11.0. The van der Waals surface area contributed by atoms with Crippen molar-refractivity contribution < 1.29 is 97.9 Å². The standard InChI is InChI=1S/C41H60O20/c1-18-31(59-16-57-22(5)30(47)14-55-32-11-27(44)37(50)23(6)61-32)10-25-8-24-9-26(40(53-7)36(49)19(2)43)41(39(52)34(24)38(51)33(25)35(18)48)60-17-58-21(4)29(46)13-54-15-56-20(3)28(45)12-42/h8,10,20-23,26-30,32,37,40-42,44-48,50-51H,9,11-17H2,1-7H3/t20?,21?,22?,23?,26-,27?,28+,29-,30-,32+,37+,40-,41-/m0/s1. The van der Waals surface area contributed by atoms with Crippen LogP contribution >= 0.6 is 0 Å². The van der Waals surface area contributed by atoms with E-state index in [1.807, 2.05) is 0 Å². The number of carbonyl (C=O) groups excluding carboxylic acids is 3. The van der Waals surface area contributed by atoms with E-state index in [2.05, 4.69) is 0 Å². The molecule has 0 spiro atoms. The molecule has 5 unspecified atom stereocenters. The average Bonchev–Trinajstić information content (AvgIpc) is 3.22. The van der Waals surface area contributed by atoms with Gasteiger partial charge in [0.2, 0.25) is 5.78 Å². The van der Waals surface area contributed by atoms with Gasteiger partial charge in [-0.2, -0.15) is 0 Å². The maximum atomic E-state index is 14.2. The normalized spacial score (nSPS) is 25.3. The molecule has 20 heteroatoms. The number of aliphatic hydroxyl groups excluding tert-OH is 6. The Hall–Kier alpha value is -3.45. The molecule has 20 nitrogen and oxygen atoms in total. The zero-order chi connectivity index (χ0) is 45.3. The van der Waals surface area contributed by atoms with E-state index in [4.69, 9.17) is 47.7 Å². The molecule has 1 saturated heterocycles. The predicted molar refractivity (Wildman–Crippen MR) is 210 cm³/mol. The summed E-state index contributed by atoms with van der Waals surface area (Å²) in [5.74, 6) is -4.46. The summed E-state index contributed by atoms with van der Waals surface area (Å²) in [5.41, 5.74) is 0.238. The first-order valence-electron chi connectivity index (χ1n) is 19.9. The van der Waals surface area contributed by atoms with Gasteiger partial charge in [-0.15, -0.1) is 0 Å². The number of Topliss-reactive ketones (excluding diaryl/α,β-unsaturated/α-hetero) is 3. The zero-order valence-corrected chi connectivity index (χ0v) is 35.3. The average molecular weight is 873 g/mol. The van der Waals surface area contributed by atoms with Crippen molar-refractivity contribution in [2.24, 2.45) is 5.92 Å². The van der Waals surface area contributed by atoms with Crippen LogP contribution in [0.3, 0.4) is 0 Å². The number of rotatable bonds is 24. The number of ether oxygens (including phenoxy) is 9. The fourth-order valence-corrected chi connectivity index (χ4v) is 6.93. The van der Waals surface area contributed by atoms with Crippen LogP contribution in [0.4, 0.5) is 0 Å². The fraction of sp³-hybridized carbons (Fsp3) is 0.683. The van der Waals surface area contributed by atoms with E-state index in [1.165, 1.54) is 40.0 Å². The second-order valence-electron chi connectivity index (χ2n) is 15.4. The van der Waals surface area contributed by atoms with Gasteiger partial charge in [-0.05, 0) is 64.1 Å². The largest absolute Gasteiger partial charge is 0.507 e. The van der Waals surface area contributed by atoms with Crippen LogP contribution < -0.4 is 4.74 Å². The van der Waals surface area contributed by atoms with Crippen LogP contribution in [0, 0.1) is 12.8 Å². The Morgan fingerprint density at radius 1 is 0.885 bits per heavy atom. The molecule has 8 N–H and O–H groups in total. The number of carbonyl (C=O) groups is 3. The first kappa shape index (κ1) is 50.2. The number of phenolic OH excluding ortho intramolecular Hbond substituents is 2. The van der Waals surface area contributed by atoms with Crippen molar-refractivity contribution in [1.29, 1.82) is 0 Å². The molecule has 344 valence electrons. The van der Waals surface area contributed by atoms with Crippen LogP contribution in [0.25, 0.3) is 10.8 Å². The number of hydrogen-bond donors (Lipinski definition) is 8. The molecule has 0 amide bonds. The number of hydrogen-bond acceptors (Lipinski definition) is 20. The third-order valence-corrected chi connectivity index (χ3v) is 11.0. The third kappa shape index (κ3) is 12.4. The van der Waals surface area contributed by atoms with Gasteiger partial charge >= 0.3 is 0 Å². The van der Waals surface area contributed by atoms with Crippen molar-refractivity contribution in [2.75, 3.05) is 47.3 Å². The van der Waals surface area contributed by atoms with Crippen molar-refractivity contribution >= 4 is 28.1 Å². The number of aromatic hydroxyl groups is 2. The molecule has 2 aromatic carbocycles.